The van der Waals surface area contributed by atoms with Crippen molar-refractivity contribution in [2.45, 2.75) is 0 Å². The fourth-order valence-corrected chi connectivity index (χ4v) is 4.86. The Kier molecular flexibility index (Phi) is 5.07. The average molecular weight is 476 g/mol. The lowest BCUT2D eigenvalue weighted by atomic mass is 9.99. The highest BCUT2D eigenvalue weighted by Crippen LogP contribution is 2.38. The van der Waals surface area contributed by atoms with Crippen LogP contribution in [0, 0.1) is 0 Å². The summed E-state index contributed by atoms with van der Waals surface area (Å²) in [6.07, 6.45) is 3.65. The summed E-state index contributed by atoms with van der Waals surface area (Å²) in [6, 6.07) is 38.8. The van der Waals surface area contributed by atoms with Gasteiger partial charge in [-0.15, -0.1) is 0 Å². The molecule has 0 fully saturated rings. The minimum atomic E-state index is 0.656. The van der Waals surface area contributed by atoms with Crippen LogP contribution in [0.5, 0.6) is 0 Å². The Hall–Kier alpha value is -5.09. The van der Waals surface area contributed by atoms with Crippen LogP contribution in [0.25, 0.3) is 67.0 Å². The number of pyridine rings is 1. The van der Waals surface area contributed by atoms with Crippen molar-refractivity contribution in [1.82, 2.24) is 15.0 Å². The van der Waals surface area contributed by atoms with Gasteiger partial charge in [-0.05, 0) is 29.8 Å². The van der Waals surface area contributed by atoms with Gasteiger partial charge in [0.05, 0.1) is 11.4 Å². The molecule has 0 aliphatic carbocycles. The van der Waals surface area contributed by atoms with E-state index in [0.29, 0.717) is 5.82 Å². The van der Waals surface area contributed by atoms with E-state index in [1.54, 1.807) is 6.20 Å². The molecule has 0 aliphatic rings. The standard InChI is InChI=1S/C33H21N3O/c1-2-10-22(11-3-1)29-20-30(28-17-8-16-26-25-14-6-7-18-31(25)37-32(26)28)36-33(35-29)27-15-5-4-13-24(27)23-12-9-19-34-21-23/h1-21H. The van der Waals surface area contributed by atoms with Gasteiger partial charge in [0.25, 0.3) is 0 Å². The average Bonchev–Trinajstić information content (AvgIpc) is 3.37. The Morgan fingerprint density at radius 3 is 2.08 bits per heavy atom. The molecule has 4 aromatic carbocycles. The molecule has 174 valence electrons. The first-order valence-corrected chi connectivity index (χ1v) is 12.2. The summed E-state index contributed by atoms with van der Waals surface area (Å²) in [5.41, 5.74) is 8.34. The normalized spacial score (nSPS) is 11.2. The van der Waals surface area contributed by atoms with Crippen molar-refractivity contribution < 1.29 is 4.42 Å². The summed E-state index contributed by atoms with van der Waals surface area (Å²) in [5.74, 6) is 0.656. The third-order valence-corrected chi connectivity index (χ3v) is 6.62. The number of hydrogen-bond acceptors (Lipinski definition) is 4. The topological polar surface area (TPSA) is 51.8 Å². The van der Waals surface area contributed by atoms with Gasteiger partial charge in [-0.1, -0.05) is 91.0 Å². The van der Waals surface area contributed by atoms with Crippen LogP contribution in [0.15, 0.2) is 132 Å². The number of para-hydroxylation sites is 2. The second kappa shape index (κ2) is 8.85. The van der Waals surface area contributed by atoms with E-state index in [1.807, 2.05) is 66.9 Å². The second-order valence-corrected chi connectivity index (χ2v) is 8.90. The van der Waals surface area contributed by atoms with Gasteiger partial charge in [0, 0.05) is 45.4 Å². The molecule has 4 nitrogen and oxygen atoms in total. The summed E-state index contributed by atoms with van der Waals surface area (Å²) in [7, 11) is 0. The van der Waals surface area contributed by atoms with Crippen molar-refractivity contribution in [1.29, 1.82) is 0 Å². The number of rotatable bonds is 4. The fraction of sp³-hybridized carbons (Fsp3) is 0. The number of fused-ring (bicyclic) bond motifs is 3. The van der Waals surface area contributed by atoms with Crippen molar-refractivity contribution >= 4 is 21.9 Å². The molecule has 0 amide bonds. The van der Waals surface area contributed by atoms with Gasteiger partial charge in [-0.3, -0.25) is 4.98 Å². The molecule has 3 heterocycles. The monoisotopic (exact) mass is 475 g/mol. The molecule has 37 heavy (non-hydrogen) atoms. The molecule has 3 aromatic heterocycles. The first-order valence-electron chi connectivity index (χ1n) is 12.2. The number of benzene rings is 4. The molecule has 0 atom stereocenters. The Morgan fingerprint density at radius 1 is 0.514 bits per heavy atom. The molecule has 7 rings (SSSR count). The molecule has 0 spiro atoms. The molecule has 0 radical (unpaired) electrons. The van der Waals surface area contributed by atoms with Crippen LogP contribution in [-0.4, -0.2) is 15.0 Å². The van der Waals surface area contributed by atoms with Crippen LogP contribution in [-0.2, 0) is 0 Å². The lowest BCUT2D eigenvalue weighted by Crippen LogP contribution is -1.97. The van der Waals surface area contributed by atoms with Crippen LogP contribution < -0.4 is 0 Å². The molecule has 0 unspecified atom stereocenters. The van der Waals surface area contributed by atoms with Crippen molar-refractivity contribution in [2.75, 3.05) is 0 Å². The third kappa shape index (κ3) is 3.76. The van der Waals surface area contributed by atoms with Gasteiger partial charge in [0.2, 0.25) is 0 Å². The summed E-state index contributed by atoms with van der Waals surface area (Å²) < 4.78 is 6.35. The fourth-order valence-electron chi connectivity index (χ4n) is 4.86. The van der Waals surface area contributed by atoms with E-state index in [0.717, 1.165) is 61.1 Å². The molecule has 7 aromatic rings. The Bertz CT molecular complexity index is 1880. The predicted molar refractivity (Wildman–Crippen MR) is 149 cm³/mol. The largest absolute Gasteiger partial charge is 0.455 e. The highest BCUT2D eigenvalue weighted by atomic mass is 16.3. The zero-order valence-corrected chi connectivity index (χ0v) is 19.9. The smallest absolute Gasteiger partial charge is 0.161 e. The molecule has 0 bridgehead atoms. The predicted octanol–water partition coefficient (Wildman–Crippen LogP) is 8.44. The third-order valence-electron chi connectivity index (χ3n) is 6.62. The van der Waals surface area contributed by atoms with E-state index in [-0.39, 0.29) is 0 Å². The van der Waals surface area contributed by atoms with Crippen LogP contribution in [0.3, 0.4) is 0 Å². The number of aromatic nitrogens is 3. The molecular weight excluding hydrogens is 454 g/mol. The van der Waals surface area contributed by atoms with Crippen molar-refractivity contribution in [2.24, 2.45) is 0 Å². The van der Waals surface area contributed by atoms with Gasteiger partial charge in [-0.2, -0.15) is 0 Å². The lowest BCUT2D eigenvalue weighted by molar-refractivity contribution is 0.670. The van der Waals surface area contributed by atoms with Crippen molar-refractivity contribution in [3.05, 3.63) is 128 Å². The zero-order valence-electron chi connectivity index (χ0n) is 19.9. The van der Waals surface area contributed by atoms with Gasteiger partial charge in [-0.25, -0.2) is 9.97 Å². The van der Waals surface area contributed by atoms with E-state index in [2.05, 4.69) is 59.6 Å². The van der Waals surface area contributed by atoms with Crippen LogP contribution >= 0.6 is 0 Å². The SMILES string of the molecule is c1ccc(-c2cc(-c3cccc4c3oc3ccccc34)nc(-c3ccccc3-c3cccnc3)n2)cc1. The van der Waals surface area contributed by atoms with Crippen LogP contribution in [0.1, 0.15) is 0 Å². The van der Waals surface area contributed by atoms with Crippen LogP contribution in [0.4, 0.5) is 0 Å². The Labute approximate surface area is 213 Å². The van der Waals surface area contributed by atoms with Gasteiger partial charge in [0.15, 0.2) is 5.82 Å². The summed E-state index contributed by atoms with van der Waals surface area (Å²) in [4.78, 5) is 14.5. The van der Waals surface area contributed by atoms with E-state index in [1.165, 1.54) is 0 Å². The first kappa shape index (κ1) is 21.2. The summed E-state index contributed by atoms with van der Waals surface area (Å²) >= 11 is 0. The van der Waals surface area contributed by atoms with Gasteiger partial charge < -0.3 is 4.42 Å². The number of furan rings is 1. The van der Waals surface area contributed by atoms with Crippen molar-refractivity contribution in [3.63, 3.8) is 0 Å². The Balaban J connectivity index is 1.50. The molecule has 0 N–H and O–H groups in total. The molecule has 0 aliphatic heterocycles. The van der Waals surface area contributed by atoms with Crippen LogP contribution in [0.2, 0.25) is 0 Å². The van der Waals surface area contributed by atoms with E-state index in [9.17, 15) is 0 Å². The number of nitrogens with zero attached hydrogens (tertiary/aromatic N) is 3. The van der Waals surface area contributed by atoms with Crippen molar-refractivity contribution in [3.8, 4) is 45.0 Å². The van der Waals surface area contributed by atoms with Gasteiger partial charge in [0.1, 0.15) is 11.2 Å². The minimum Gasteiger partial charge on any atom is -0.455 e. The highest BCUT2D eigenvalue weighted by molar-refractivity contribution is 6.09. The first-order chi connectivity index (χ1) is 18.3. The maximum Gasteiger partial charge on any atom is 0.161 e. The summed E-state index contributed by atoms with van der Waals surface area (Å²) in [5, 5.41) is 2.17. The quantitative estimate of drug-likeness (QED) is 0.256. The van der Waals surface area contributed by atoms with E-state index in [4.69, 9.17) is 14.4 Å². The van der Waals surface area contributed by atoms with E-state index >= 15 is 0 Å². The highest BCUT2D eigenvalue weighted by Gasteiger charge is 2.17. The molecule has 4 heteroatoms. The minimum absolute atomic E-state index is 0.656. The van der Waals surface area contributed by atoms with Gasteiger partial charge >= 0.3 is 0 Å². The maximum absolute atomic E-state index is 6.35. The number of hydrogen-bond donors (Lipinski definition) is 0. The molecule has 0 saturated carbocycles. The maximum atomic E-state index is 6.35. The second-order valence-electron chi connectivity index (χ2n) is 8.90. The zero-order chi connectivity index (χ0) is 24.6. The molecule has 0 saturated heterocycles. The Morgan fingerprint density at radius 2 is 1.22 bits per heavy atom. The summed E-state index contributed by atoms with van der Waals surface area (Å²) in [6.45, 7) is 0. The van der Waals surface area contributed by atoms with E-state index < -0.39 is 0 Å². The lowest BCUT2D eigenvalue weighted by Gasteiger charge is -2.12. The molecular formula is C33H21N3O.